The molecule has 25 heavy (non-hydrogen) atoms. The first kappa shape index (κ1) is 21.4. The van der Waals surface area contributed by atoms with Gasteiger partial charge in [0, 0.05) is 6.54 Å². The highest BCUT2D eigenvalue weighted by molar-refractivity contribution is 5.85. The fourth-order valence-electron chi connectivity index (χ4n) is 2.40. The van der Waals surface area contributed by atoms with Crippen molar-refractivity contribution < 1.29 is 27.4 Å². The third-order valence-electron chi connectivity index (χ3n) is 3.59. The van der Waals surface area contributed by atoms with E-state index >= 15 is 0 Å². The quantitative estimate of drug-likeness (QED) is 0.761. The number of hydrogen-bond donors (Lipinski definition) is 2. The summed E-state index contributed by atoms with van der Waals surface area (Å²) < 4.78 is 46.7. The summed E-state index contributed by atoms with van der Waals surface area (Å²) in [4.78, 5) is 11.8. The summed E-state index contributed by atoms with van der Waals surface area (Å²) in [7, 11) is 0. The summed E-state index contributed by atoms with van der Waals surface area (Å²) >= 11 is 0. The van der Waals surface area contributed by atoms with Crippen molar-refractivity contribution in [3.05, 3.63) is 24.3 Å². The Balaban J connectivity index is 0.00000312. The Morgan fingerprint density at radius 2 is 1.92 bits per heavy atom. The Kier molecular flexibility index (Phi) is 8.85. The molecule has 0 aliphatic carbocycles. The van der Waals surface area contributed by atoms with E-state index in [1.54, 1.807) is 6.07 Å². The van der Waals surface area contributed by atoms with E-state index in [9.17, 15) is 18.0 Å². The number of ether oxygens (including phenoxy) is 2. The van der Waals surface area contributed by atoms with Gasteiger partial charge in [-0.25, -0.2) is 0 Å². The van der Waals surface area contributed by atoms with Crippen LogP contribution in [0.3, 0.4) is 0 Å². The van der Waals surface area contributed by atoms with Crippen molar-refractivity contribution in [1.29, 1.82) is 0 Å². The summed E-state index contributed by atoms with van der Waals surface area (Å²) in [5.41, 5.74) is 0. The van der Waals surface area contributed by atoms with Gasteiger partial charge in [0.05, 0.1) is 0 Å². The number of carbonyl (C=O) groups excluding carboxylic acids is 1. The van der Waals surface area contributed by atoms with Crippen molar-refractivity contribution in [2.45, 2.75) is 19.0 Å². The minimum Gasteiger partial charge on any atom is -0.480 e. The SMILES string of the molecule is Cl.O=C(COc1ccccc1OCC(F)(F)F)NCC1CCCNC1. The molecular formula is C16H22ClF3N2O3. The van der Waals surface area contributed by atoms with Gasteiger partial charge in [-0.05, 0) is 44.0 Å². The number of hydrogen-bond acceptors (Lipinski definition) is 4. The van der Waals surface area contributed by atoms with Crippen LogP contribution in [0.2, 0.25) is 0 Å². The molecule has 0 saturated carbocycles. The first-order valence-electron chi connectivity index (χ1n) is 7.83. The van der Waals surface area contributed by atoms with Crippen molar-refractivity contribution in [3.63, 3.8) is 0 Å². The van der Waals surface area contributed by atoms with Crippen LogP contribution in [0.5, 0.6) is 11.5 Å². The van der Waals surface area contributed by atoms with Crippen molar-refractivity contribution in [2.75, 3.05) is 32.8 Å². The van der Waals surface area contributed by atoms with Crippen LogP contribution in [0.15, 0.2) is 24.3 Å². The maximum absolute atomic E-state index is 12.2. The summed E-state index contributed by atoms with van der Waals surface area (Å²) in [5, 5.41) is 6.03. The average Bonchev–Trinajstić information content (AvgIpc) is 2.57. The maximum atomic E-state index is 12.2. The normalized spacial score (nSPS) is 17.3. The van der Waals surface area contributed by atoms with E-state index in [1.807, 2.05) is 0 Å². The molecule has 2 rings (SSSR count). The van der Waals surface area contributed by atoms with Crippen LogP contribution in [0.25, 0.3) is 0 Å². The van der Waals surface area contributed by atoms with E-state index in [2.05, 4.69) is 10.6 Å². The first-order valence-corrected chi connectivity index (χ1v) is 7.83. The zero-order valence-corrected chi connectivity index (χ0v) is 14.4. The highest BCUT2D eigenvalue weighted by atomic mass is 35.5. The second-order valence-corrected chi connectivity index (χ2v) is 5.66. The Morgan fingerprint density at radius 3 is 2.52 bits per heavy atom. The molecule has 1 amide bonds. The molecule has 1 fully saturated rings. The number of amides is 1. The van der Waals surface area contributed by atoms with Crippen LogP contribution in [-0.2, 0) is 4.79 Å². The van der Waals surface area contributed by atoms with Gasteiger partial charge in [0.15, 0.2) is 24.7 Å². The van der Waals surface area contributed by atoms with Gasteiger partial charge in [0.2, 0.25) is 0 Å². The molecule has 0 radical (unpaired) electrons. The lowest BCUT2D eigenvalue weighted by Gasteiger charge is -2.22. The summed E-state index contributed by atoms with van der Waals surface area (Å²) in [5.74, 6) is 0.145. The monoisotopic (exact) mass is 382 g/mol. The van der Waals surface area contributed by atoms with Crippen LogP contribution in [-0.4, -0.2) is 44.9 Å². The van der Waals surface area contributed by atoms with Gasteiger partial charge in [-0.15, -0.1) is 12.4 Å². The molecule has 5 nitrogen and oxygen atoms in total. The van der Waals surface area contributed by atoms with Crippen LogP contribution >= 0.6 is 12.4 Å². The number of alkyl halides is 3. The standard InChI is InChI=1S/C16H21F3N2O3.ClH/c17-16(18,19)11-24-14-6-2-1-5-13(14)23-10-15(22)21-9-12-4-3-7-20-8-12;/h1-2,5-6,12,20H,3-4,7-11H2,(H,21,22);1H. The fraction of sp³-hybridized carbons (Fsp3) is 0.562. The summed E-state index contributed by atoms with van der Waals surface area (Å²) in [6, 6.07) is 5.97. The molecule has 1 aromatic rings. The molecule has 1 atom stereocenters. The molecule has 1 aliphatic rings. The topological polar surface area (TPSA) is 59.6 Å². The van der Waals surface area contributed by atoms with Crippen molar-refractivity contribution in [2.24, 2.45) is 5.92 Å². The van der Waals surface area contributed by atoms with Gasteiger partial charge < -0.3 is 20.1 Å². The number of piperidine rings is 1. The van der Waals surface area contributed by atoms with Crippen molar-refractivity contribution in [1.82, 2.24) is 10.6 Å². The van der Waals surface area contributed by atoms with Gasteiger partial charge in [-0.3, -0.25) is 4.79 Å². The van der Waals surface area contributed by atoms with Gasteiger partial charge in [0.1, 0.15) is 0 Å². The minimum atomic E-state index is -4.43. The number of carbonyl (C=O) groups is 1. The van der Waals surface area contributed by atoms with Gasteiger partial charge in [0.25, 0.3) is 5.91 Å². The van der Waals surface area contributed by atoms with E-state index in [4.69, 9.17) is 9.47 Å². The zero-order chi connectivity index (χ0) is 17.4. The van der Waals surface area contributed by atoms with E-state index in [1.165, 1.54) is 18.2 Å². The second-order valence-electron chi connectivity index (χ2n) is 5.66. The second kappa shape index (κ2) is 10.4. The molecule has 2 N–H and O–H groups in total. The molecule has 142 valence electrons. The molecule has 0 aromatic heterocycles. The molecule has 9 heteroatoms. The molecule has 1 aliphatic heterocycles. The number of halogens is 4. The lowest BCUT2D eigenvalue weighted by atomic mass is 10.00. The highest BCUT2D eigenvalue weighted by Gasteiger charge is 2.29. The van der Waals surface area contributed by atoms with Crippen LogP contribution < -0.4 is 20.1 Å². The van der Waals surface area contributed by atoms with E-state index in [-0.39, 0.29) is 36.4 Å². The predicted octanol–water partition coefficient (Wildman–Crippen LogP) is 2.54. The molecule has 1 unspecified atom stereocenters. The number of rotatable bonds is 7. The number of nitrogens with one attached hydrogen (secondary N) is 2. The lowest BCUT2D eigenvalue weighted by Crippen LogP contribution is -2.39. The van der Waals surface area contributed by atoms with E-state index < -0.39 is 12.8 Å². The molecule has 0 spiro atoms. The highest BCUT2D eigenvalue weighted by Crippen LogP contribution is 2.28. The molecule has 1 saturated heterocycles. The minimum absolute atomic E-state index is 0. The van der Waals surface area contributed by atoms with E-state index in [0.717, 1.165) is 25.9 Å². The first-order chi connectivity index (χ1) is 11.4. The third kappa shape index (κ3) is 8.31. The Labute approximate surface area is 150 Å². The predicted molar refractivity (Wildman–Crippen MR) is 89.3 cm³/mol. The Morgan fingerprint density at radius 1 is 1.24 bits per heavy atom. The van der Waals surface area contributed by atoms with E-state index in [0.29, 0.717) is 12.5 Å². The smallest absolute Gasteiger partial charge is 0.422 e. The summed E-state index contributed by atoms with van der Waals surface area (Å²) in [6.45, 7) is 0.750. The van der Waals surface area contributed by atoms with Crippen LogP contribution in [0.4, 0.5) is 13.2 Å². The molecular weight excluding hydrogens is 361 g/mol. The van der Waals surface area contributed by atoms with Crippen molar-refractivity contribution in [3.8, 4) is 11.5 Å². The van der Waals surface area contributed by atoms with Crippen LogP contribution in [0, 0.1) is 5.92 Å². The summed E-state index contributed by atoms with van der Waals surface area (Å²) in [6.07, 6.45) is -2.29. The fourth-order valence-corrected chi connectivity index (χ4v) is 2.40. The zero-order valence-electron chi connectivity index (χ0n) is 13.6. The average molecular weight is 383 g/mol. The lowest BCUT2D eigenvalue weighted by molar-refractivity contribution is -0.153. The van der Waals surface area contributed by atoms with Gasteiger partial charge >= 0.3 is 6.18 Å². The van der Waals surface area contributed by atoms with Gasteiger partial charge in [-0.2, -0.15) is 13.2 Å². The molecule has 1 heterocycles. The number of benzene rings is 1. The third-order valence-corrected chi connectivity index (χ3v) is 3.59. The Hall–Kier alpha value is -1.67. The van der Waals surface area contributed by atoms with Crippen molar-refractivity contribution >= 4 is 18.3 Å². The molecule has 0 bridgehead atoms. The van der Waals surface area contributed by atoms with Crippen LogP contribution in [0.1, 0.15) is 12.8 Å². The van der Waals surface area contributed by atoms with Gasteiger partial charge in [-0.1, -0.05) is 12.1 Å². The number of para-hydroxylation sites is 2. The Bertz CT molecular complexity index is 538. The maximum Gasteiger partial charge on any atom is 0.422 e. The molecule has 1 aromatic carbocycles. The largest absolute Gasteiger partial charge is 0.480 e.